The average Bonchev–Trinajstić information content (AvgIpc) is 3.39. The monoisotopic (exact) mass is 472 g/mol. The molecule has 2 aliphatic carbocycles. The van der Waals surface area contributed by atoms with Gasteiger partial charge in [-0.1, -0.05) is 30.3 Å². The molecule has 2 saturated carbocycles. The average molecular weight is 473 g/mol. The van der Waals surface area contributed by atoms with Gasteiger partial charge < -0.3 is 20.1 Å². The first-order valence-corrected chi connectivity index (χ1v) is 12.0. The smallest absolute Gasteiger partial charge is 0.329 e. The Labute approximate surface area is 201 Å². The predicted molar refractivity (Wildman–Crippen MR) is 125 cm³/mol. The Morgan fingerprint density at radius 3 is 2.03 bits per heavy atom. The summed E-state index contributed by atoms with van der Waals surface area (Å²) in [6.45, 7) is 6.91. The highest BCUT2D eigenvalue weighted by atomic mass is 16.6. The van der Waals surface area contributed by atoms with E-state index in [1.165, 1.54) is 7.11 Å². The molecule has 6 atom stereocenters. The number of ether oxygens (including phenoxy) is 2. The van der Waals surface area contributed by atoms with Gasteiger partial charge in [0.1, 0.15) is 17.7 Å². The van der Waals surface area contributed by atoms with Crippen molar-refractivity contribution in [2.75, 3.05) is 7.11 Å². The summed E-state index contributed by atoms with van der Waals surface area (Å²) in [5.41, 5.74) is 0.197. The molecule has 0 radical (unpaired) electrons. The molecule has 0 aliphatic heterocycles. The van der Waals surface area contributed by atoms with Gasteiger partial charge in [0.05, 0.1) is 18.9 Å². The van der Waals surface area contributed by atoms with Gasteiger partial charge >= 0.3 is 11.9 Å². The molecule has 8 nitrogen and oxygen atoms in total. The van der Waals surface area contributed by atoms with Gasteiger partial charge in [-0.3, -0.25) is 9.59 Å². The second-order valence-corrected chi connectivity index (χ2v) is 10.4. The van der Waals surface area contributed by atoms with Crippen LogP contribution in [-0.2, 0) is 35.1 Å². The first-order valence-electron chi connectivity index (χ1n) is 12.0. The van der Waals surface area contributed by atoms with Crippen molar-refractivity contribution in [1.82, 2.24) is 10.6 Å². The third kappa shape index (κ3) is 6.15. The maximum absolute atomic E-state index is 13.5. The van der Waals surface area contributed by atoms with Crippen LogP contribution in [0.5, 0.6) is 0 Å². The van der Waals surface area contributed by atoms with Crippen molar-refractivity contribution < 1.29 is 28.7 Å². The number of hydrogen-bond acceptors (Lipinski definition) is 6. The fourth-order valence-corrected chi connectivity index (χ4v) is 5.28. The standard InChI is InChI=1S/C26H36N2O6/c1-15(24(31)33-5)27-22(29)20-17-11-12-18(14-17)21(20)23(30)28-19(25(32)34-26(2,3)4)13-16-9-7-6-8-10-16/h6-10,15,17-21H,11-14H2,1-5H3,(H,27,29)(H,28,30)/t15-,17+,18-,19-,20+,21-/m0/s1. The van der Waals surface area contributed by atoms with Crippen molar-refractivity contribution in [2.24, 2.45) is 23.7 Å². The minimum atomic E-state index is -0.869. The van der Waals surface area contributed by atoms with Crippen LogP contribution in [0.1, 0.15) is 52.5 Å². The summed E-state index contributed by atoms with van der Waals surface area (Å²) in [7, 11) is 1.27. The molecule has 0 unspecified atom stereocenters. The van der Waals surface area contributed by atoms with Crippen molar-refractivity contribution >= 4 is 23.8 Å². The van der Waals surface area contributed by atoms with Gasteiger partial charge in [0.15, 0.2) is 0 Å². The Hall–Kier alpha value is -2.90. The summed E-state index contributed by atoms with van der Waals surface area (Å²) >= 11 is 0. The van der Waals surface area contributed by atoms with Crippen LogP contribution in [0.4, 0.5) is 0 Å². The predicted octanol–water partition coefficient (Wildman–Crippen LogP) is 2.40. The van der Waals surface area contributed by atoms with Gasteiger partial charge in [0.2, 0.25) is 11.8 Å². The van der Waals surface area contributed by atoms with Gasteiger partial charge in [-0.15, -0.1) is 0 Å². The molecule has 2 N–H and O–H groups in total. The summed E-state index contributed by atoms with van der Waals surface area (Å²) in [6.07, 6.45) is 2.82. The topological polar surface area (TPSA) is 111 Å². The van der Waals surface area contributed by atoms with E-state index in [9.17, 15) is 19.2 Å². The lowest BCUT2D eigenvalue weighted by Crippen LogP contribution is -2.52. The van der Waals surface area contributed by atoms with E-state index in [1.807, 2.05) is 30.3 Å². The molecule has 34 heavy (non-hydrogen) atoms. The Morgan fingerprint density at radius 1 is 0.941 bits per heavy atom. The van der Waals surface area contributed by atoms with Gasteiger partial charge in [-0.2, -0.15) is 0 Å². The quantitative estimate of drug-likeness (QED) is 0.562. The van der Waals surface area contributed by atoms with Crippen molar-refractivity contribution in [1.29, 1.82) is 0 Å². The fourth-order valence-electron chi connectivity index (χ4n) is 5.28. The van der Waals surface area contributed by atoms with E-state index in [4.69, 9.17) is 9.47 Å². The van der Waals surface area contributed by atoms with E-state index in [2.05, 4.69) is 10.6 Å². The molecule has 2 fully saturated rings. The highest BCUT2D eigenvalue weighted by molar-refractivity contribution is 5.93. The number of nitrogens with one attached hydrogen (secondary N) is 2. The molecular formula is C26H36N2O6. The third-order valence-electron chi connectivity index (χ3n) is 6.73. The molecule has 0 aromatic heterocycles. The molecule has 2 bridgehead atoms. The lowest BCUT2D eigenvalue weighted by molar-refractivity contribution is -0.159. The first kappa shape index (κ1) is 25.7. The third-order valence-corrected chi connectivity index (χ3v) is 6.73. The van der Waals surface area contributed by atoms with Crippen LogP contribution in [0.25, 0.3) is 0 Å². The summed E-state index contributed by atoms with van der Waals surface area (Å²) in [5.74, 6) is -2.61. The molecule has 0 heterocycles. The SMILES string of the molecule is COC(=O)[C@H](C)NC(=O)[C@@H]1[C@@H]2CC[C@@H](C2)[C@@H]1C(=O)N[C@@H](Cc1ccccc1)C(=O)OC(C)(C)C. The van der Waals surface area contributed by atoms with Crippen molar-refractivity contribution in [2.45, 2.75) is 71.1 Å². The highest BCUT2D eigenvalue weighted by Gasteiger charge is 2.54. The number of carbonyl (C=O) groups is 4. The number of methoxy groups -OCH3 is 1. The number of carbonyl (C=O) groups excluding carboxylic acids is 4. The van der Waals surface area contributed by atoms with Crippen molar-refractivity contribution in [3.8, 4) is 0 Å². The zero-order valence-electron chi connectivity index (χ0n) is 20.6. The molecule has 3 rings (SSSR count). The highest BCUT2D eigenvalue weighted by Crippen LogP contribution is 2.52. The summed E-state index contributed by atoms with van der Waals surface area (Å²) < 4.78 is 10.3. The van der Waals surface area contributed by atoms with Crippen LogP contribution in [0.15, 0.2) is 30.3 Å². The molecule has 186 valence electrons. The van der Waals surface area contributed by atoms with Gasteiger partial charge in [-0.05, 0) is 64.4 Å². The molecule has 1 aromatic carbocycles. The zero-order chi connectivity index (χ0) is 25.0. The summed E-state index contributed by atoms with van der Waals surface area (Å²) in [4.78, 5) is 51.3. The normalized spacial score (nSPS) is 25.2. The Bertz CT molecular complexity index is 910. The van der Waals surface area contributed by atoms with E-state index < -0.39 is 41.5 Å². The van der Waals surface area contributed by atoms with E-state index in [0.717, 1.165) is 24.8 Å². The number of hydrogen-bond donors (Lipinski definition) is 2. The largest absolute Gasteiger partial charge is 0.467 e. The van der Waals surface area contributed by atoms with Crippen LogP contribution in [-0.4, -0.2) is 48.5 Å². The van der Waals surface area contributed by atoms with Crippen molar-refractivity contribution in [3.05, 3.63) is 35.9 Å². The lowest BCUT2D eigenvalue weighted by Gasteiger charge is -2.31. The van der Waals surface area contributed by atoms with Crippen LogP contribution in [0.3, 0.4) is 0 Å². The van der Waals surface area contributed by atoms with Gasteiger partial charge in [0.25, 0.3) is 0 Å². The fraction of sp³-hybridized carbons (Fsp3) is 0.615. The Balaban J connectivity index is 1.77. The van der Waals surface area contributed by atoms with Gasteiger partial charge in [0, 0.05) is 6.42 Å². The Kier molecular flexibility index (Phi) is 8.00. The van der Waals surface area contributed by atoms with Crippen LogP contribution < -0.4 is 10.6 Å². The molecule has 8 heteroatoms. The number of fused-ring (bicyclic) bond motifs is 2. The lowest BCUT2D eigenvalue weighted by atomic mass is 9.78. The maximum Gasteiger partial charge on any atom is 0.329 e. The molecule has 2 aliphatic rings. The maximum atomic E-state index is 13.5. The number of benzene rings is 1. The number of rotatable bonds is 8. The molecule has 0 saturated heterocycles. The van der Waals surface area contributed by atoms with E-state index >= 15 is 0 Å². The Morgan fingerprint density at radius 2 is 1.50 bits per heavy atom. The summed E-state index contributed by atoms with van der Waals surface area (Å²) in [6, 6.07) is 7.76. The van der Waals surface area contributed by atoms with E-state index in [-0.39, 0.29) is 23.7 Å². The van der Waals surface area contributed by atoms with Crippen LogP contribution >= 0.6 is 0 Å². The van der Waals surface area contributed by atoms with Crippen LogP contribution in [0, 0.1) is 23.7 Å². The first-order chi connectivity index (χ1) is 16.0. The number of amides is 2. The molecular weight excluding hydrogens is 436 g/mol. The molecule has 1 aromatic rings. The minimum absolute atomic E-state index is 0.0743. The second-order valence-electron chi connectivity index (χ2n) is 10.4. The summed E-state index contributed by atoms with van der Waals surface area (Å²) in [5, 5.41) is 5.61. The molecule has 0 spiro atoms. The number of esters is 2. The van der Waals surface area contributed by atoms with Crippen LogP contribution in [0.2, 0.25) is 0 Å². The minimum Gasteiger partial charge on any atom is -0.467 e. The molecule has 2 amide bonds. The van der Waals surface area contributed by atoms with E-state index in [1.54, 1.807) is 27.7 Å². The van der Waals surface area contributed by atoms with Gasteiger partial charge in [-0.25, -0.2) is 9.59 Å². The van der Waals surface area contributed by atoms with Crippen molar-refractivity contribution in [3.63, 3.8) is 0 Å². The zero-order valence-corrected chi connectivity index (χ0v) is 20.6. The van der Waals surface area contributed by atoms with E-state index in [0.29, 0.717) is 6.42 Å². The second kappa shape index (κ2) is 10.6.